The van der Waals surface area contributed by atoms with Gasteiger partial charge in [0.1, 0.15) is 5.52 Å². The third-order valence-electron chi connectivity index (χ3n) is 5.82. The number of carbonyl (C=O) groups is 1. The highest BCUT2D eigenvalue weighted by molar-refractivity contribution is 6.04. The molecular weight excluding hydrogens is 388 g/mol. The number of nitrogens with zero attached hydrogens (tertiary/aromatic N) is 4. The molecule has 0 saturated carbocycles. The number of hydrogen-bond donors (Lipinski definition) is 0. The van der Waals surface area contributed by atoms with E-state index in [1.165, 1.54) is 5.56 Å². The SMILES string of the molecule is O=C(c1cccc2nccnc12)N1CCc2cc(=O)n(CCc3ccccc3)cc2C1. The van der Waals surface area contributed by atoms with Crippen LogP contribution in [0, 0.1) is 0 Å². The van der Waals surface area contributed by atoms with Crippen LogP contribution in [0.25, 0.3) is 11.0 Å². The Kier molecular flexibility index (Phi) is 5.04. The van der Waals surface area contributed by atoms with E-state index in [0.717, 1.165) is 17.5 Å². The number of pyridine rings is 1. The van der Waals surface area contributed by atoms with Crippen LogP contribution in [0.4, 0.5) is 0 Å². The van der Waals surface area contributed by atoms with Gasteiger partial charge in [0.2, 0.25) is 0 Å². The van der Waals surface area contributed by atoms with Crippen molar-refractivity contribution < 1.29 is 4.79 Å². The number of amides is 1. The molecule has 1 amide bonds. The van der Waals surface area contributed by atoms with Gasteiger partial charge in [-0.15, -0.1) is 0 Å². The number of carbonyl (C=O) groups excluding carboxylic acids is 1. The van der Waals surface area contributed by atoms with Gasteiger partial charge in [0.05, 0.1) is 11.1 Å². The van der Waals surface area contributed by atoms with Crippen LogP contribution >= 0.6 is 0 Å². The van der Waals surface area contributed by atoms with Gasteiger partial charge in [-0.25, -0.2) is 0 Å². The molecule has 3 heterocycles. The largest absolute Gasteiger partial charge is 0.334 e. The molecule has 154 valence electrons. The van der Waals surface area contributed by atoms with Crippen molar-refractivity contribution in [2.45, 2.75) is 25.9 Å². The normalized spacial score (nSPS) is 13.2. The maximum absolute atomic E-state index is 13.3. The monoisotopic (exact) mass is 410 g/mol. The number of rotatable bonds is 4. The molecule has 0 bridgehead atoms. The lowest BCUT2D eigenvalue weighted by Gasteiger charge is -2.29. The molecule has 0 unspecified atom stereocenters. The summed E-state index contributed by atoms with van der Waals surface area (Å²) in [5.74, 6) is -0.0567. The predicted octanol–water partition coefficient (Wildman–Crippen LogP) is 3.23. The second-order valence-electron chi connectivity index (χ2n) is 7.80. The molecule has 4 aromatic rings. The van der Waals surface area contributed by atoms with Crippen LogP contribution in [0.15, 0.2) is 78.0 Å². The molecule has 0 atom stereocenters. The van der Waals surface area contributed by atoms with E-state index in [1.54, 1.807) is 29.1 Å². The minimum atomic E-state index is -0.0567. The molecule has 2 aromatic heterocycles. The highest BCUT2D eigenvalue weighted by Gasteiger charge is 2.24. The first kappa shape index (κ1) is 19.2. The van der Waals surface area contributed by atoms with E-state index in [4.69, 9.17) is 0 Å². The van der Waals surface area contributed by atoms with Gasteiger partial charge in [-0.05, 0) is 41.7 Å². The summed E-state index contributed by atoms with van der Waals surface area (Å²) in [6.45, 7) is 1.68. The summed E-state index contributed by atoms with van der Waals surface area (Å²) in [6.07, 6.45) is 6.62. The van der Waals surface area contributed by atoms with Gasteiger partial charge in [0.25, 0.3) is 11.5 Å². The van der Waals surface area contributed by atoms with Crippen molar-refractivity contribution in [2.75, 3.05) is 6.54 Å². The first-order valence-corrected chi connectivity index (χ1v) is 10.4. The molecule has 6 nitrogen and oxygen atoms in total. The van der Waals surface area contributed by atoms with Gasteiger partial charge < -0.3 is 9.47 Å². The zero-order valence-corrected chi connectivity index (χ0v) is 17.1. The first-order chi connectivity index (χ1) is 15.2. The third kappa shape index (κ3) is 3.84. The Morgan fingerprint density at radius 3 is 2.68 bits per heavy atom. The predicted molar refractivity (Wildman–Crippen MR) is 119 cm³/mol. The van der Waals surface area contributed by atoms with Crippen molar-refractivity contribution in [3.63, 3.8) is 0 Å². The molecule has 31 heavy (non-hydrogen) atoms. The maximum atomic E-state index is 13.3. The van der Waals surface area contributed by atoms with Crippen molar-refractivity contribution in [3.8, 4) is 0 Å². The van der Waals surface area contributed by atoms with Crippen molar-refractivity contribution in [3.05, 3.63) is 106 Å². The van der Waals surface area contributed by atoms with Gasteiger partial charge >= 0.3 is 0 Å². The summed E-state index contributed by atoms with van der Waals surface area (Å²) in [7, 11) is 0. The molecule has 1 aliphatic heterocycles. The molecule has 5 rings (SSSR count). The van der Waals surface area contributed by atoms with Crippen LogP contribution in [-0.2, 0) is 25.9 Å². The zero-order valence-electron chi connectivity index (χ0n) is 17.1. The Morgan fingerprint density at radius 2 is 1.81 bits per heavy atom. The summed E-state index contributed by atoms with van der Waals surface area (Å²) in [5.41, 5.74) is 5.15. The smallest absolute Gasteiger partial charge is 0.256 e. The lowest BCUT2D eigenvalue weighted by molar-refractivity contribution is 0.0736. The molecule has 0 saturated heterocycles. The maximum Gasteiger partial charge on any atom is 0.256 e. The fourth-order valence-corrected chi connectivity index (χ4v) is 4.15. The van der Waals surface area contributed by atoms with Crippen molar-refractivity contribution >= 4 is 16.9 Å². The van der Waals surface area contributed by atoms with E-state index in [9.17, 15) is 9.59 Å². The molecule has 0 fully saturated rings. The summed E-state index contributed by atoms with van der Waals surface area (Å²) in [5, 5.41) is 0. The second-order valence-corrected chi connectivity index (χ2v) is 7.80. The number of fused-ring (bicyclic) bond motifs is 2. The molecular formula is C25H22N4O2. The average molecular weight is 410 g/mol. The van der Waals surface area contributed by atoms with Gasteiger partial charge in [0, 0.05) is 44.3 Å². The van der Waals surface area contributed by atoms with E-state index >= 15 is 0 Å². The van der Waals surface area contributed by atoms with E-state index in [1.807, 2.05) is 41.4 Å². The van der Waals surface area contributed by atoms with Gasteiger partial charge in [0.15, 0.2) is 0 Å². The lowest BCUT2D eigenvalue weighted by atomic mass is 10.0. The Morgan fingerprint density at radius 1 is 0.968 bits per heavy atom. The molecule has 0 N–H and O–H groups in total. The summed E-state index contributed by atoms with van der Waals surface area (Å²) in [4.78, 5) is 36.3. The van der Waals surface area contributed by atoms with E-state index in [2.05, 4.69) is 22.1 Å². The Labute approximate surface area is 179 Å². The molecule has 1 aliphatic rings. The number of aromatic nitrogens is 3. The average Bonchev–Trinajstić information content (AvgIpc) is 2.82. The van der Waals surface area contributed by atoms with Gasteiger partial charge in [-0.1, -0.05) is 36.4 Å². The summed E-state index contributed by atoms with van der Waals surface area (Å²) in [6, 6.07) is 17.4. The number of benzene rings is 2. The van der Waals surface area contributed by atoms with Crippen molar-refractivity contribution in [1.82, 2.24) is 19.4 Å². The highest BCUT2D eigenvalue weighted by Crippen LogP contribution is 2.22. The first-order valence-electron chi connectivity index (χ1n) is 10.4. The minimum Gasteiger partial charge on any atom is -0.334 e. The van der Waals surface area contributed by atoms with Gasteiger partial charge in [-0.2, -0.15) is 0 Å². The van der Waals surface area contributed by atoms with Crippen LogP contribution < -0.4 is 5.56 Å². The van der Waals surface area contributed by atoms with Crippen LogP contribution in [0.5, 0.6) is 0 Å². The number of aryl methyl sites for hydroxylation is 2. The van der Waals surface area contributed by atoms with E-state index < -0.39 is 0 Å². The van der Waals surface area contributed by atoms with Crippen LogP contribution in [0.3, 0.4) is 0 Å². The Bertz CT molecular complexity index is 1310. The molecule has 0 radical (unpaired) electrons. The zero-order chi connectivity index (χ0) is 21.2. The minimum absolute atomic E-state index is 0.0128. The Hall–Kier alpha value is -3.80. The quantitative estimate of drug-likeness (QED) is 0.518. The summed E-state index contributed by atoms with van der Waals surface area (Å²) < 4.78 is 1.75. The number of para-hydroxylation sites is 1. The molecule has 6 heteroatoms. The van der Waals surface area contributed by atoms with Crippen LogP contribution in [0.1, 0.15) is 27.0 Å². The highest BCUT2D eigenvalue weighted by atomic mass is 16.2. The van der Waals surface area contributed by atoms with E-state index in [-0.39, 0.29) is 11.5 Å². The second kappa shape index (κ2) is 8.14. The standard InChI is InChI=1S/C25H22N4O2/c30-23-15-19-10-14-29(25(31)21-7-4-8-22-24(21)27-12-11-26-22)17-20(19)16-28(23)13-9-18-5-2-1-3-6-18/h1-8,11-12,15-16H,9-10,13-14,17H2. The van der Waals surface area contributed by atoms with Crippen molar-refractivity contribution in [2.24, 2.45) is 0 Å². The topological polar surface area (TPSA) is 68.1 Å². The van der Waals surface area contributed by atoms with Gasteiger partial charge in [-0.3, -0.25) is 19.6 Å². The van der Waals surface area contributed by atoms with Crippen LogP contribution in [-0.4, -0.2) is 31.9 Å². The fraction of sp³-hybridized carbons (Fsp3) is 0.200. The lowest BCUT2D eigenvalue weighted by Crippen LogP contribution is -2.37. The number of hydrogen-bond acceptors (Lipinski definition) is 4. The fourth-order valence-electron chi connectivity index (χ4n) is 4.15. The van der Waals surface area contributed by atoms with Crippen molar-refractivity contribution in [1.29, 1.82) is 0 Å². The van der Waals surface area contributed by atoms with Crippen LogP contribution in [0.2, 0.25) is 0 Å². The summed E-state index contributed by atoms with van der Waals surface area (Å²) >= 11 is 0. The molecule has 2 aromatic carbocycles. The Balaban J connectivity index is 1.39. The molecule has 0 spiro atoms. The molecule has 0 aliphatic carbocycles. The third-order valence-corrected chi connectivity index (χ3v) is 5.82. The van der Waals surface area contributed by atoms with E-state index in [0.29, 0.717) is 42.7 Å².